The molecule has 3 aliphatic rings. The minimum absolute atomic E-state index is 0.180. The summed E-state index contributed by atoms with van der Waals surface area (Å²) < 4.78 is 0. The molecule has 0 spiro atoms. The van der Waals surface area contributed by atoms with E-state index in [-0.39, 0.29) is 5.91 Å². The SMILES string of the molecule is O=C(CC1(O)CCCCC1)N1CCN2CCCCC2C1. The van der Waals surface area contributed by atoms with Crippen molar-refractivity contribution >= 4 is 5.91 Å². The highest BCUT2D eigenvalue weighted by atomic mass is 16.3. The van der Waals surface area contributed by atoms with Gasteiger partial charge >= 0.3 is 0 Å². The van der Waals surface area contributed by atoms with Gasteiger partial charge in [0.15, 0.2) is 0 Å². The number of carbonyl (C=O) groups is 1. The molecule has 1 atom stereocenters. The van der Waals surface area contributed by atoms with Gasteiger partial charge in [-0.25, -0.2) is 0 Å². The van der Waals surface area contributed by atoms with Crippen molar-refractivity contribution < 1.29 is 9.90 Å². The van der Waals surface area contributed by atoms with Crippen LogP contribution in [0.2, 0.25) is 0 Å². The topological polar surface area (TPSA) is 43.8 Å². The number of piperazine rings is 1. The van der Waals surface area contributed by atoms with Gasteiger partial charge in [-0.1, -0.05) is 25.7 Å². The van der Waals surface area contributed by atoms with Crippen molar-refractivity contribution in [3.05, 3.63) is 0 Å². The van der Waals surface area contributed by atoms with E-state index in [2.05, 4.69) is 4.90 Å². The molecule has 0 bridgehead atoms. The predicted octanol–water partition coefficient (Wildman–Crippen LogP) is 1.77. The molecule has 0 radical (unpaired) electrons. The van der Waals surface area contributed by atoms with Gasteiger partial charge in [0.05, 0.1) is 12.0 Å². The van der Waals surface area contributed by atoms with Crippen molar-refractivity contribution in [2.24, 2.45) is 0 Å². The van der Waals surface area contributed by atoms with Crippen LogP contribution >= 0.6 is 0 Å². The molecular formula is C16H28N2O2. The van der Waals surface area contributed by atoms with E-state index in [1.165, 1.54) is 32.2 Å². The number of hydrogen-bond donors (Lipinski definition) is 1. The summed E-state index contributed by atoms with van der Waals surface area (Å²) in [6.07, 6.45) is 9.15. The van der Waals surface area contributed by atoms with Crippen molar-refractivity contribution in [1.82, 2.24) is 9.80 Å². The maximum absolute atomic E-state index is 12.5. The number of carbonyl (C=O) groups excluding carboxylic acids is 1. The fraction of sp³-hybridized carbons (Fsp3) is 0.938. The molecule has 1 saturated carbocycles. The first-order chi connectivity index (χ1) is 9.66. The van der Waals surface area contributed by atoms with Crippen LogP contribution in [0.4, 0.5) is 0 Å². The lowest BCUT2D eigenvalue weighted by molar-refractivity contribution is -0.141. The minimum Gasteiger partial charge on any atom is -0.389 e. The zero-order chi connectivity index (χ0) is 14.0. The molecule has 2 aliphatic heterocycles. The van der Waals surface area contributed by atoms with Gasteiger partial charge in [0.1, 0.15) is 0 Å². The lowest BCUT2D eigenvalue weighted by Gasteiger charge is -2.44. The average Bonchev–Trinajstić information content (AvgIpc) is 2.47. The fourth-order valence-corrected chi connectivity index (χ4v) is 4.16. The van der Waals surface area contributed by atoms with E-state index in [0.29, 0.717) is 12.5 Å². The summed E-state index contributed by atoms with van der Waals surface area (Å²) in [6.45, 7) is 3.96. The molecule has 0 aromatic carbocycles. The van der Waals surface area contributed by atoms with E-state index in [9.17, 15) is 9.90 Å². The van der Waals surface area contributed by atoms with Crippen molar-refractivity contribution in [3.8, 4) is 0 Å². The second-order valence-corrected chi connectivity index (χ2v) is 6.99. The predicted molar refractivity (Wildman–Crippen MR) is 78.4 cm³/mol. The van der Waals surface area contributed by atoms with E-state index in [1.54, 1.807) is 0 Å². The molecule has 0 aromatic heterocycles. The molecule has 2 saturated heterocycles. The molecule has 1 N–H and O–H groups in total. The van der Waals surface area contributed by atoms with Crippen LogP contribution in [0.1, 0.15) is 57.8 Å². The lowest BCUT2D eigenvalue weighted by Crippen LogP contribution is -2.57. The number of amides is 1. The summed E-state index contributed by atoms with van der Waals surface area (Å²) in [4.78, 5) is 17.1. The van der Waals surface area contributed by atoms with Gasteiger partial charge in [-0.2, -0.15) is 0 Å². The first kappa shape index (κ1) is 14.3. The highest BCUT2D eigenvalue weighted by Gasteiger charge is 2.36. The summed E-state index contributed by atoms with van der Waals surface area (Å²) in [7, 11) is 0. The molecule has 4 heteroatoms. The molecule has 1 unspecified atom stereocenters. The van der Waals surface area contributed by atoms with Crippen molar-refractivity contribution in [1.29, 1.82) is 0 Å². The molecule has 20 heavy (non-hydrogen) atoms. The summed E-state index contributed by atoms with van der Waals surface area (Å²) in [6, 6.07) is 0.572. The van der Waals surface area contributed by atoms with Crippen LogP contribution in [0.5, 0.6) is 0 Å². The van der Waals surface area contributed by atoms with Crippen LogP contribution in [0.15, 0.2) is 0 Å². The maximum Gasteiger partial charge on any atom is 0.225 e. The Morgan fingerprint density at radius 1 is 1.05 bits per heavy atom. The number of nitrogens with zero attached hydrogens (tertiary/aromatic N) is 2. The van der Waals surface area contributed by atoms with E-state index in [1.807, 2.05) is 4.90 Å². The van der Waals surface area contributed by atoms with Crippen molar-refractivity contribution in [3.63, 3.8) is 0 Å². The largest absolute Gasteiger partial charge is 0.389 e. The molecule has 1 amide bonds. The van der Waals surface area contributed by atoms with Gasteiger partial charge in [-0.05, 0) is 32.2 Å². The summed E-state index contributed by atoms with van der Waals surface area (Å²) >= 11 is 0. The second kappa shape index (κ2) is 6.02. The van der Waals surface area contributed by atoms with Crippen LogP contribution in [-0.4, -0.2) is 58.6 Å². The minimum atomic E-state index is -0.709. The maximum atomic E-state index is 12.5. The van der Waals surface area contributed by atoms with E-state index in [0.717, 1.165) is 45.3 Å². The molecule has 114 valence electrons. The molecule has 4 nitrogen and oxygen atoms in total. The zero-order valence-corrected chi connectivity index (χ0v) is 12.5. The summed E-state index contributed by atoms with van der Waals surface area (Å²) in [5.74, 6) is 0.180. The van der Waals surface area contributed by atoms with E-state index >= 15 is 0 Å². The Morgan fingerprint density at radius 3 is 2.65 bits per heavy atom. The van der Waals surface area contributed by atoms with E-state index < -0.39 is 5.60 Å². The highest BCUT2D eigenvalue weighted by Crippen LogP contribution is 2.32. The Bertz CT molecular complexity index is 352. The van der Waals surface area contributed by atoms with Crippen LogP contribution in [-0.2, 0) is 4.79 Å². The third-order valence-corrected chi connectivity index (χ3v) is 5.45. The molecule has 2 heterocycles. The van der Waals surface area contributed by atoms with Gasteiger partial charge in [0, 0.05) is 25.7 Å². The number of rotatable bonds is 2. The fourth-order valence-electron chi connectivity index (χ4n) is 4.16. The molecule has 3 fully saturated rings. The van der Waals surface area contributed by atoms with Crippen molar-refractivity contribution in [2.45, 2.75) is 69.4 Å². The molecule has 0 aromatic rings. The van der Waals surface area contributed by atoms with Gasteiger partial charge in [-0.3, -0.25) is 9.69 Å². The second-order valence-electron chi connectivity index (χ2n) is 6.99. The number of aliphatic hydroxyl groups is 1. The Labute approximate surface area is 122 Å². The number of hydrogen-bond acceptors (Lipinski definition) is 3. The summed E-state index contributed by atoms with van der Waals surface area (Å²) in [5, 5.41) is 10.5. The molecular weight excluding hydrogens is 252 g/mol. The lowest BCUT2D eigenvalue weighted by atomic mass is 9.82. The quantitative estimate of drug-likeness (QED) is 0.838. The van der Waals surface area contributed by atoms with Crippen LogP contribution in [0.3, 0.4) is 0 Å². The van der Waals surface area contributed by atoms with Gasteiger partial charge < -0.3 is 10.0 Å². The third-order valence-electron chi connectivity index (χ3n) is 5.45. The normalized spacial score (nSPS) is 30.9. The van der Waals surface area contributed by atoms with Crippen LogP contribution < -0.4 is 0 Å². The average molecular weight is 280 g/mol. The summed E-state index contributed by atoms with van der Waals surface area (Å²) in [5.41, 5.74) is -0.709. The number of fused-ring (bicyclic) bond motifs is 1. The first-order valence-electron chi connectivity index (χ1n) is 8.41. The first-order valence-corrected chi connectivity index (χ1v) is 8.41. The molecule has 3 rings (SSSR count). The Morgan fingerprint density at radius 2 is 1.85 bits per heavy atom. The zero-order valence-electron chi connectivity index (χ0n) is 12.5. The Kier molecular flexibility index (Phi) is 4.32. The Hall–Kier alpha value is -0.610. The molecule has 1 aliphatic carbocycles. The van der Waals surface area contributed by atoms with Crippen LogP contribution in [0.25, 0.3) is 0 Å². The smallest absolute Gasteiger partial charge is 0.225 e. The Balaban J connectivity index is 1.54. The van der Waals surface area contributed by atoms with Crippen LogP contribution in [0, 0.1) is 0 Å². The third kappa shape index (κ3) is 3.17. The number of piperidine rings is 1. The van der Waals surface area contributed by atoms with E-state index in [4.69, 9.17) is 0 Å². The monoisotopic (exact) mass is 280 g/mol. The highest BCUT2D eigenvalue weighted by molar-refractivity contribution is 5.77. The van der Waals surface area contributed by atoms with Gasteiger partial charge in [0.2, 0.25) is 5.91 Å². The van der Waals surface area contributed by atoms with Gasteiger partial charge in [-0.15, -0.1) is 0 Å². The van der Waals surface area contributed by atoms with Crippen molar-refractivity contribution in [2.75, 3.05) is 26.2 Å². The standard InChI is InChI=1S/C16H28N2O2/c19-15(12-16(20)7-3-1-4-8-16)18-11-10-17-9-5-2-6-14(17)13-18/h14,20H,1-13H2. The van der Waals surface area contributed by atoms with Gasteiger partial charge in [0.25, 0.3) is 0 Å².